The Morgan fingerprint density at radius 3 is 1.81 bits per heavy atom. The molecule has 1 aliphatic rings. The summed E-state index contributed by atoms with van der Waals surface area (Å²) in [5, 5.41) is 11.8. The molecular weight excluding hydrogens is 348 g/mol. The highest BCUT2D eigenvalue weighted by atomic mass is 28.4. The van der Waals surface area contributed by atoms with Gasteiger partial charge in [-0.1, -0.05) is 93.8 Å². The Bertz CT molecular complexity index is 659. The van der Waals surface area contributed by atoms with Crippen molar-refractivity contribution in [1.29, 1.82) is 0 Å². The van der Waals surface area contributed by atoms with Gasteiger partial charge in [0.2, 0.25) is 0 Å². The van der Waals surface area contributed by atoms with Crippen LogP contribution in [0.2, 0.25) is 5.04 Å². The molecule has 146 valence electrons. The molecule has 0 saturated heterocycles. The summed E-state index contributed by atoms with van der Waals surface area (Å²) in [4.78, 5) is 12.2. The van der Waals surface area contributed by atoms with Gasteiger partial charge >= 0.3 is 0 Å². The molecule has 0 spiro atoms. The molecule has 1 saturated carbocycles. The van der Waals surface area contributed by atoms with Crippen LogP contribution in [-0.2, 0) is 0 Å². The Kier molecular flexibility index (Phi) is 6.56. The summed E-state index contributed by atoms with van der Waals surface area (Å²) in [7, 11) is -2.91. The maximum atomic E-state index is 12.2. The highest BCUT2D eigenvalue weighted by Crippen LogP contribution is 2.43. The number of rotatable bonds is 7. The minimum Gasteiger partial charge on any atom is -0.424 e. The number of hydrogen-bond donors (Lipinski definition) is 2. The van der Waals surface area contributed by atoms with Crippen molar-refractivity contribution in [3.05, 3.63) is 60.7 Å². The summed E-state index contributed by atoms with van der Waals surface area (Å²) in [5.74, 6) is 1.03. The fraction of sp³-hybridized carbons (Fsp3) is 0.500. The molecule has 1 fully saturated rings. The van der Waals surface area contributed by atoms with E-state index in [1.807, 2.05) is 36.4 Å². The van der Waals surface area contributed by atoms with Crippen LogP contribution >= 0.6 is 0 Å². The van der Waals surface area contributed by atoms with Crippen LogP contribution in [0.15, 0.2) is 60.7 Å². The van der Waals surface area contributed by atoms with Gasteiger partial charge in [-0.25, -0.2) is 0 Å². The van der Waals surface area contributed by atoms with E-state index in [1.165, 1.54) is 19.3 Å². The van der Waals surface area contributed by atoms with E-state index in [0.29, 0.717) is 18.4 Å². The highest BCUT2D eigenvalue weighted by molar-refractivity contribution is 6.98. The van der Waals surface area contributed by atoms with Crippen LogP contribution < -0.4 is 10.4 Å². The van der Waals surface area contributed by atoms with Crippen LogP contribution in [0.3, 0.4) is 0 Å². The summed E-state index contributed by atoms with van der Waals surface area (Å²) in [6.45, 7) is 4.80. The van der Waals surface area contributed by atoms with Crippen LogP contribution in [0, 0.1) is 11.8 Å². The average Bonchev–Trinajstić information content (AvgIpc) is 2.73. The molecule has 3 heteroatoms. The second-order valence-electron chi connectivity index (χ2n) is 8.85. The van der Waals surface area contributed by atoms with Crippen molar-refractivity contribution < 1.29 is 9.90 Å². The van der Waals surface area contributed by atoms with E-state index in [1.54, 1.807) is 0 Å². The third-order valence-corrected chi connectivity index (χ3v) is 11.4. The van der Waals surface area contributed by atoms with Crippen LogP contribution in [-0.4, -0.2) is 24.8 Å². The largest absolute Gasteiger partial charge is 0.424 e. The molecule has 0 aliphatic heterocycles. The maximum Gasteiger partial charge on any atom is 0.258 e. The lowest BCUT2D eigenvalue weighted by atomic mass is 9.76. The molecule has 3 rings (SSSR count). The van der Waals surface area contributed by atoms with E-state index in [-0.39, 0.29) is 5.04 Å². The topological polar surface area (TPSA) is 40.5 Å². The number of aliphatic hydroxyl groups excluding tert-OH is 1. The van der Waals surface area contributed by atoms with Gasteiger partial charge in [-0.3, -0.25) is 0 Å². The molecule has 2 N–H and O–H groups in total. The first kappa shape index (κ1) is 20.3. The zero-order valence-electron chi connectivity index (χ0n) is 16.8. The summed E-state index contributed by atoms with van der Waals surface area (Å²) in [6.07, 6.45) is 6.98. The molecule has 2 aromatic rings. The third-order valence-electron chi connectivity index (χ3n) is 6.80. The van der Waals surface area contributed by atoms with Crippen molar-refractivity contribution in [2.75, 3.05) is 6.61 Å². The Labute approximate surface area is 165 Å². The molecule has 0 heterocycles. The van der Waals surface area contributed by atoms with Crippen LogP contribution in [0.4, 0.5) is 0 Å². The molecule has 0 unspecified atom stereocenters. The van der Waals surface area contributed by atoms with Gasteiger partial charge in [0.15, 0.2) is 0 Å². The Morgan fingerprint density at radius 2 is 1.33 bits per heavy atom. The lowest BCUT2D eigenvalue weighted by Crippen LogP contribution is -2.65. The van der Waals surface area contributed by atoms with E-state index >= 15 is 0 Å². The summed E-state index contributed by atoms with van der Waals surface area (Å²) < 4.78 is 0. The number of benzene rings is 2. The first-order valence-electron chi connectivity index (χ1n) is 10.4. The van der Waals surface area contributed by atoms with Crippen molar-refractivity contribution in [2.45, 2.75) is 57.4 Å². The van der Waals surface area contributed by atoms with E-state index in [4.69, 9.17) is 0 Å². The molecule has 2 atom stereocenters. The zero-order valence-corrected chi connectivity index (χ0v) is 17.8. The second kappa shape index (κ2) is 8.72. The van der Waals surface area contributed by atoms with Crippen molar-refractivity contribution in [3.63, 3.8) is 0 Å². The summed E-state index contributed by atoms with van der Waals surface area (Å²) in [5.41, 5.74) is 0. The van der Waals surface area contributed by atoms with Crippen molar-refractivity contribution in [2.24, 2.45) is 11.8 Å². The van der Waals surface area contributed by atoms with Gasteiger partial charge in [-0.15, -0.1) is 0 Å². The van der Waals surface area contributed by atoms with E-state index in [0.717, 1.165) is 29.6 Å². The lowest BCUT2D eigenvalue weighted by Gasteiger charge is -2.43. The van der Waals surface area contributed by atoms with E-state index < -0.39 is 8.32 Å². The minimum atomic E-state index is -2.91. The fourth-order valence-electron chi connectivity index (χ4n) is 4.94. The minimum absolute atomic E-state index is 0.187. The van der Waals surface area contributed by atoms with Crippen LogP contribution in [0.1, 0.15) is 52.4 Å². The standard InChI is InChI=1S/C24H34O2Si/c1-24(2,18-17-20-11-9-10-12-21(20)19-25)27(26,22-13-5-3-6-14-22)23-15-7-4-8-16-23/h3-8,13-16,20-21,25-26H,9-12,17-19H2,1-2H3/t20-,21+/m0/s1. The quantitative estimate of drug-likeness (QED) is 0.708. The molecular formula is C24H34O2Si. The van der Waals surface area contributed by atoms with Crippen molar-refractivity contribution in [1.82, 2.24) is 0 Å². The van der Waals surface area contributed by atoms with E-state index in [9.17, 15) is 9.90 Å². The van der Waals surface area contributed by atoms with Gasteiger partial charge in [-0.2, -0.15) is 0 Å². The monoisotopic (exact) mass is 382 g/mol. The SMILES string of the molecule is CC(C)(CC[C@@H]1CCCC[C@@H]1CO)[Si](O)(c1ccccc1)c1ccccc1. The van der Waals surface area contributed by atoms with Gasteiger partial charge in [0.1, 0.15) is 0 Å². The van der Waals surface area contributed by atoms with Gasteiger partial charge in [0.25, 0.3) is 8.32 Å². The smallest absolute Gasteiger partial charge is 0.258 e. The predicted octanol–water partition coefficient (Wildman–Crippen LogP) is 4.10. The van der Waals surface area contributed by atoms with Crippen LogP contribution in [0.25, 0.3) is 0 Å². The molecule has 0 aromatic heterocycles. The molecule has 0 bridgehead atoms. The second-order valence-corrected chi connectivity index (χ2v) is 12.8. The molecule has 1 aliphatic carbocycles. The normalized spacial score (nSPS) is 21.2. The molecule has 27 heavy (non-hydrogen) atoms. The number of aliphatic hydroxyl groups is 1. The number of hydrogen-bond acceptors (Lipinski definition) is 2. The Balaban J connectivity index is 1.89. The molecule has 2 nitrogen and oxygen atoms in total. The molecule has 2 aromatic carbocycles. The van der Waals surface area contributed by atoms with Gasteiger partial charge in [0, 0.05) is 6.61 Å². The highest BCUT2D eigenvalue weighted by Gasteiger charge is 2.49. The lowest BCUT2D eigenvalue weighted by molar-refractivity contribution is 0.125. The first-order valence-corrected chi connectivity index (χ1v) is 12.4. The van der Waals surface area contributed by atoms with Gasteiger partial charge in [-0.05, 0) is 46.5 Å². The Hall–Kier alpha value is -1.42. The molecule has 0 amide bonds. The predicted molar refractivity (Wildman–Crippen MR) is 116 cm³/mol. The third kappa shape index (κ3) is 4.21. The molecule has 0 radical (unpaired) electrons. The van der Waals surface area contributed by atoms with Crippen molar-refractivity contribution >= 4 is 18.7 Å². The fourth-order valence-corrected chi connectivity index (χ4v) is 8.69. The first-order chi connectivity index (χ1) is 13.0. The summed E-state index contributed by atoms with van der Waals surface area (Å²) >= 11 is 0. The van der Waals surface area contributed by atoms with Crippen LogP contribution in [0.5, 0.6) is 0 Å². The van der Waals surface area contributed by atoms with Gasteiger partial charge < -0.3 is 9.90 Å². The van der Waals surface area contributed by atoms with Gasteiger partial charge in [0.05, 0.1) is 0 Å². The summed E-state index contributed by atoms with van der Waals surface area (Å²) in [6, 6.07) is 20.6. The van der Waals surface area contributed by atoms with Crippen molar-refractivity contribution in [3.8, 4) is 0 Å². The Morgan fingerprint density at radius 1 is 0.852 bits per heavy atom. The average molecular weight is 383 g/mol. The van der Waals surface area contributed by atoms with E-state index in [2.05, 4.69) is 38.1 Å². The maximum absolute atomic E-state index is 12.2. The zero-order chi connectivity index (χ0) is 19.3.